The number of amides is 1. The fourth-order valence-corrected chi connectivity index (χ4v) is 1.63. The van der Waals surface area contributed by atoms with Crippen LogP contribution in [0.25, 0.3) is 0 Å². The molecule has 1 aromatic carbocycles. The molecular formula is C13H19BrN2O. The van der Waals surface area contributed by atoms with Crippen LogP contribution in [0.5, 0.6) is 0 Å². The fourth-order valence-electron chi connectivity index (χ4n) is 1.21. The molecule has 1 atom stereocenters. The molecule has 4 heteroatoms. The van der Waals surface area contributed by atoms with E-state index >= 15 is 0 Å². The molecule has 94 valence electrons. The van der Waals surface area contributed by atoms with Crippen molar-refractivity contribution >= 4 is 27.5 Å². The zero-order valence-electron chi connectivity index (χ0n) is 10.7. The van der Waals surface area contributed by atoms with Crippen molar-refractivity contribution < 1.29 is 4.79 Å². The third kappa shape index (κ3) is 3.73. The highest BCUT2D eigenvalue weighted by atomic mass is 79.9. The van der Waals surface area contributed by atoms with Crippen LogP contribution in [-0.4, -0.2) is 11.9 Å². The normalized spacial score (nSPS) is 13.2. The Bertz CT molecular complexity index is 424. The quantitative estimate of drug-likeness (QED) is 0.824. The van der Waals surface area contributed by atoms with Gasteiger partial charge in [0.05, 0.1) is 5.56 Å². The Kier molecular flexibility index (Phi) is 4.20. The Morgan fingerprint density at radius 1 is 1.41 bits per heavy atom. The lowest BCUT2D eigenvalue weighted by molar-refractivity contribution is 0.0909. The van der Waals surface area contributed by atoms with Gasteiger partial charge in [-0.25, -0.2) is 0 Å². The van der Waals surface area contributed by atoms with Gasteiger partial charge in [0.15, 0.2) is 0 Å². The molecule has 0 spiro atoms. The van der Waals surface area contributed by atoms with Crippen LogP contribution in [-0.2, 0) is 0 Å². The first kappa shape index (κ1) is 14.0. The zero-order chi connectivity index (χ0) is 13.2. The van der Waals surface area contributed by atoms with Crippen molar-refractivity contribution in [1.82, 2.24) is 5.32 Å². The Morgan fingerprint density at radius 2 is 2.00 bits per heavy atom. The van der Waals surface area contributed by atoms with Crippen molar-refractivity contribution in [3.63, 3.8) is 0 Å². The first-order valence-electron chi connectivity index (χ1n) is 5.57. The molecule has 0 bridgehead atoms. The van der Waals surface area contributed by atoms with Crippen molar-refractivity contribution in [3.05, 3.63) is 28.2 Å². The molecule has 3 nitrogen and oxygen atoms in total. The maximum Gasteiger partial charge on any atom is 0.252 e. The van der Waals surface area contributed by atoms with Crippen molar-refractivity contribution in [2.45, 2.75) is 33.7 Å². The maximum atomic E-state index is 12.1. The molecule has 1 unspecified atom stereocenters. The van der Waals surface area contributed by atoms with Crippen LogP contribution < -0.4 is 11.1 Å². The molecule has 1 amide bonds. The summed E-state index contributed by atoms with van der Waals surface area (Å²) in [5.41, 5.74) is 6.87. The average Bonchev–Trinajstić information content (AvgIpc) is 2.20. The molecule has 0 heterocycles. The van der Waals surface area contributed by atoms with Gasteiger partial charge < -0.3 is 11.1 Å². The smallest absolute Gasteiger partial charge is 0.252 e. The van der Waals surface area contributed by atoms with Gasteiger partial charge in [0.2, 0.25) is 0 Å². The van der Waals surface area contributed by atoms with Gasteiger partial charge in [-0.3, -0.25) is 4.79 Å². The Labute approximate surface area is 111 Å². The van der Waals surface area contributed by atoms with Crippen LogP contribution in [0.1, 0.15) is 38.1 Å². The highest BCUT2D eigenvalue weighted by Crippen LogP contribution is 2.22. The largest absolute Gasteiger partial charge is 0.399 e. The molecule has 0 fully saturated rings. The first-order chi connectivity index (χ1) is 7.71. The minimum absolute atomic E-state index is 0.0302. The molecule has 0 aliphatic rings. The van der Waals surface area contributed by atoms with Crippen molar-refractivity contribution in [2.75, 3.05) is 5.73 Å². The van der Waals surface area contributed by atoms with Crippen LogP contribution in [0.3, 0.4) is 0 Å². The number of halogens is 1. The van der Waals surface area contributed by atoms with Gasteiger partial charge in [0, 0.05) is 16.2 Å². The van der Waals surface area contributed by atoms with E-state index in [0.717, 1.165) is 4.47 Å². The van der Waals surface area contributed by atoms with E-state index in [2.05, 4.69) is 42.0 Å². The van der Waals surface area contributed by atoms with Crippen LogP contribution >= 0.6 is 15.9 Å². The standard InChI is InChI=1S/C13H19BrN2O/c1-8(13(2,3)4)16-12(17)10-7-9(15)5-6-11(10)14/h5-8H,15H2,1-4H3,(H,16,17). The van der Waals surface area contributed by atoms with Crippen molar-refractivity contribution in [2.24, 2.45) is 5.41 Å². The number of hydrogen-bond acceptors (Lipinski definition) is 2. The van der Waals surface area contributed by atoms with Crippen LogP contribution in [0.15, 0.2) is 22.7 Å². The lowest BCUT2D eigenvalue weighted by Crippen LogP contribution is -2.41. The summed E-state index contributed by atoms with van der Waals surface area (Å²) in [7, 11) is 0. The molecule has 0 saturated heterocycles. The molecular weight excluding hydrogens is 280 g/mol. The summed E-state index contributed by atoms with van der Waals surface area (Å²) in [6.45, 7) is 8.27. The zero-order valence-corrected chi connectivity index (χ0v) is 12.3. The number of nitrogens with two attached hydrogens (primary N) is 1. The van der Waals surface area contributed by atoms with Gasteiger partial charge in [0.1, 0.15) is 0 Å². The van der Waals surface area contributed by atoms with Crippen LogP contribution in [0, 0.1) is 5.41 Å². The molecule has 0 aliphatic carbocycles. The second kappa shape index (κ2) is 5.08. The highest BCUT2D eigenvalue weighted by Gasteiger charge is 2.22. The summed E-state index contributed by atoms with van der Waals surface area (Å²) >= 11 is 3.36. The average molecular weight is 299 g/mol. The summed E-state index contributed by atoms with van der Waals surface area (Å²) in [5.74, 6) is -0.105. The number of carbonyl (C=O) groups excluding carboxylic acids is 1. The van der Waals surface area contributed by atoms with Gasteiger partial charge in [-0.1, -0.05) is 20.8 Å². The lowest BCUT2D eigenvalue weighted by Gasteiger charge is -2.28. The molecule has 1 aromatic rings. The van der Waals surface area contributed by atoms with Crippen molar-refractivity contribution in [1.29, 1.82) is 0 Å². The van der Waals surface area contributed by atoms with E-state index in [4.69, 9.17) is 5.73 Å². The van der Waals surface area contributed by atoms with E-state index in [9.17, 15) is 4.79 Å². The van der Waals surface area contributed by atoms with Crippen molar-refractivity contribution in [3.8, 4) is 0 Å². The van der Waals surface area contributed by atoms with Crippen LogP contribution in [0.4, 0.5) is 5.69 Å². The van der Waals surface area contributed by atoms with Gasteiger partial charge in [0.25, 0.3) is 5.91 Å². The summed E-state index contributed by atoms with van der Waals surface area (Å²) in [6.07, 6.45) is 0. The predicted octanol–water partition coefficient (Wildman–Crippen LogP) is 3.20. The number of anilines is 1. The van der Waals surface area contributed by atoms with E-state index in [-0.39, 0.29) is 17.4 Å². The molecule has 0 radical (unpaired) electrons. The van der Waals surface area contributed by atoms with Gasteiger partial charge in [-0.05, 0) is 46.5 Å². The predicted molar refractivity (Wildman–Crippen MR) is 74.9 cm³/mol. The Morgan fingerprint density at radius 3 is 2.53 bits per heavy atom. The second-order valence-corrected chi connectivity index (χ2v) is 6.15. The summed E-state index contributed by atoms with van der Waals surface area (Å²) in [5, 5.41) is 2.98. The number of benzene rings is 1. The van der Waals surface area contributed by atoms with E-state index in [1.165, 1.54) is 0 Å². The summed E-state index contributed by atoms with van der Waals surface area (Å²) in [6, 6.07) is 5.30. The van der Waals surface area contributed by atoms with Crippen LogP contribution in [0.2, 0.25) is 0 Å². The highest BCUT2D eigenvalue weighted by molar-refractivity contribution is 9.10. The number of carbonyl (C=O) groups is 1. The topological polar surface area (TPSA) is 55.1 Å². The minimum atomic E-state index is -0.105. The second-order valence-electron chi connectivity index (χ2n) is 5.30. The summed E-state index contributed by atoms with van der Waals surface area (Å²) < 4.78 is 0.755. The monoisotopic (exact) mass is 298 g/mol. The molecule has 0 aliphatic heterocycles. The lowest BCUT2D eigenvalue weighted by atomic mass is 9.88. The van der Waals surface area contributed by atoms with Gasteiger partial charge >= 0.3 is 0 Å². The number of hydrogen-bond donors (Lipinski definition) is 2. The first-order valence-corrected chi connectivity index (χ1v) is 6.37. The van der Waals surface area contributed by atoms with Gasteiger partial charge in [-0.2, -0.15) is 0 Å². The Balaban J connectivity index is 2.87. The maximum absolute atomic E-state index is 12.1. The number of nitrogen functional groups attached to an aromatic ring is 1. The molecule has 3 N–H and O–H groups in total. The number of rotatable bonds is 2. The van der Waals surface area contributed by atoms with E-state index in [1.807, 2.05) is 6.92 Å². The number of nitrogens with one attached hydrogen (secondary N) is 1. The molecule has 1 rings (SSSR count). The van der Waals surface area contributed by atoms with Gasteiger partial charge in [-0.15, -0.1) is 0 Å². The fraction of sp³-hybridized carbons (Fsp3) is 0.462. The molecule has 0 saturated carbocycles. The van der Waals surface area contributed by atoms with E-state index in [0.29, 0.717) is 11.3 Å². The minimum Gasteiger partial charge on any atom is -0.399 e. The third-order valence-corrected chi connectivity index (χ3v) is 3.57. The van der Waals surface area contributed by atoms with E-state index in [1.54, 1.807) is 18.2 Å². The molecule has 0 aromatic heterocycles. The Hall–Kier alpha value is -1.03. The van der Waals surface area contributed by atoms with E-state index < -0.39 is 0 Å². The molecule has 17 heavy (non-hydrogen) atoms. The third-order valence-electron chi connectivity index (χ3n) is 2.88. The SMILES string of the molecule is CC(NC(=O)c1cc(N)ccc1Br)C(C)(C)C. The summed E-state index contributed by atoms with van der Waals surface area (Å²) in [4.78, 5) is 12.1.